The first-order valence-corrected chi connectivity index (χ1v) is 8.48. The number of nitrogens with one attached hydrogen (secondary N) is 1. The fourth-order valence-corrected chi connectivity index (χ4v) is 3.55. The number of hydrogen-bond acceptors (Lipinski definition) is 5. The molecular formula is C17H17ClN3OOsS. The predicted molar refractivity (Wildman–Crippen MR) is 96.7 cm³/mol. The van der Waals surface area contributed by atoms with Crippen molar-refractivity contribution in [1.29, 1.82) is 0 Å². The second-order valence-electron chi connectivity index (χ2n) is 5.49. The molecule has 3 rings (SSSR count). The molecule has 0 bridgehead atoms. The molecular weight excluding hydrogens is 520 g/mol. The number of rotatable bonds is 4. The molecule has 1 N–H and O–H groups in total. The summed E-state index contributed by atoms with van der Waals surface area (Å²) in [6, 6.07) is 9.14. The number of benzene rings is 1. The summed E-state index contributed by atoms with van der Waals surface area (Å²) in [5.41, 5.74) is 2.29. The molecule has 2 aromatic heterocycles. The van der Waals surface area contributed by atoms with Crippen molar-refractivity contribution in [3.05, 3.63) is 34.2 Å². The first kappa shape index (κ1) is 19.1. The average Bonchev–Trinajstić information content (AvgIpc) is 2.87. The molecule has 24 heavy (non-hydrogen) atoms. The van der Waals surface area contributed by atoms with Crippen LogP contribution in [-0.4, -0.2) is 23.1 Å². The summed E-state index contributed by atoms with van der Waals surface area (Å²) in [5, 5.41) is 5.57. The molecule has 0 unspecified atom stereocenters. The third-order valence-corrected chi connectivity index (χ3v) is 4.62. The van der Waals surface area contributed by atoms with Gasteiger partial charge in [0.1, 0.15) is 5.75 Å². The number of pyridine rings is 1. The van der Waals surface area contributed by atoms with Gasteiger partial charge >= 0.3 is 19.8 Å². The molecule has 0 saturated heterocycles. The summed E-state index contributed by atoms with van der Waals surface area (Å²) < 4.78 is 5.26. The molecule has 1 aromatic carbocycles. The summed E-state index contributed by atoms with van der Waals surface area (Å²) in [4.78, 5) is 10.4. The van der Waals surface area contributed by atoms with Gasteiger partial charge in [-0.1, -0.05) is 17.7 Å². The minimum atomic E-state index is 0. The molecule has 0 amide bonds. The van der Waals surface area contributed by atoms with Gasteiger partial charge in [0.05, 0.1) is 17.8 Å². The number of anilines is 1. The minimum Gasteiger partial charge on any atom is -0.497 e. The molecule has 0 fully saturated rings. The largest absolute Gasteiger partial charge is 1.00 e. The smallest absolute Gasteiger partial charge is 0.497 e. The molecule has 0 spiro atoms. The Morgan fingerprint density at radius 2 is 2.04 bits per heavy atom. The van der Waals surface area contributed by atoms with E-state index in [0.717, 1.165) is 26.8 Å². The van der Waals surface area contributed by atoms with E-state index >= 15 is 0 Å². The minimum absolute atomic E-state index is 0. The fraction of sp³-hybridized carbons (Fsp3) is 0.294. The van der Waals surface area contributed by atoms with Crippen LogP contribution < -0.4 is 10.1 Å². The Balaban J connectivity index is 0.00000208. The van der Waals surface area contributed by atoms with Crippen molar-refractivity contribution in [3.63, 3.8) is 0 Å². The molecule has 0 aliphatic heterocycles. The Morgan fingerprint density at radius 3 is 2.71 bits per heavy atom. The van der Waals surface area contributed by atoms with Crippen LogP contribution in [0.2, 0.25) is 5.02 Å². The van der Waals surface area contributed by atoms with Crippen molar-refractivity contribution in [2.24, 2.45) is 0 Å². The fourth-order valence-electron chi connectivity index (χ4n) is 2.29. The van der Waals surface area contributed by atoms with E-state index in [1.807, 2.05) is 25.1 Å². The van der Waals surface area contributed by atoms with Crippen molar-refractivity contribution in [3.8, 4) is 17.1 Å². The number of nitrogens with zero attached hydrogens (tertiary/aromatic N) is 2. The van der Waals surface area contributed by atoms with E-state index in [-0.39, 0.29) is 19.8 Å². The van der Waals surface area contributed by atoms with Crippen molar-refractivity contribution in [1.82, 2.24) is 9.97 Å². The van der Waals surface area contributed by atoms with Crippen LogP contribution in [0.15, 0.2) is 18.2 Å². The van der Waals surface area contributed by atoms with Crippen LogP contribution in [-0.2, 0) is 19.8 Å². The summed E-state index contributed by atoms with van der Waals surface area (Å²) >= 11 is 8.00. The van der Waals surface area contributed by atoms with Crippen molar-refractivity contribution in [2.45, 2.75) is 26.8 Å². The molecule has 0 aliphatic carbocycles. The van der Waals surface area contributed by atoms with Crippen LogP contribution in [0.25, 0.3) is 22.3 Å². The third kappa shape index (κ3) is 3.72. The zero-order valence-corrected chi connectivity index (χ0v) is 17.9. The zero-order valence-electron chi connectivity index (χ0n) is 13.8. The number of hydrogen-bond donors (Lipinski definition) is 1. The molecule has 7 heteroatoms. The van der Waals surface area contributed by atoms with E-state index in [4.69, 9.17) is 16.3 Å². The number of halogens is 1. The Hall–Kier alpha value is -1.21. The normalized spacial score (nSPS) is 10.8. The maximum atomic E-state index is 6.38. The molecule has 3 aromatic rings. The van der Waals surface area contributed by atoms with E-state index in [9.17, 15) is 0 Å². The quantitative estimate of drug-likeness (QED) is 0.479. The van der Waals surface area contributed by atoms with Gasteiger partial charge in [0.2, 0.25) is 0 Å². The van der Waals surface area contributed by atoms with Crippen LogP contribution >= 0.6 is 22.9 Å². The Kier molecular flexibility index (Phi) is 6.20. The van der Waals surface area contributed by atoms with Crippen molar-refractivity contribution in [2.75, 3.05) is 12.4 Å². The maximum Gasteiger partial charge on any atom is 1.00 e. The number of methoxy groups -OCH3 is 1. The second kappa shape index (κ2) is 7.78. The van der Waals surface area contributed by atoms with Crippen molar-refractivity contribution >= 4 is 39.0 Å². The summed E-state index contributed by atoms with van der Waals surface area (Å²) in [5.74, 6) is 0.606. The van der Waals surface area contributed by atoms with E-state index in [2.05, 4.69) is 35.2 Å². The zero-order chi connectivity index (χ0) is 16.6. The number of aryl methyl sites for hydroxylation is 1. The van der Waals surface area contributed by atoms with Crippen LogP contribution in [0.3, 0.4) is 0 Å². The molecule has 0 saturated carbocycles. The van der Waals surface area contributed by atoms with Gasteiger partial charge in [-0.25, -0.2) is 4.98 Å². The van der Waals surface area contributed by atoms with Crippen LogP contribution in [0.4, 0.5) is 5.13 Å². The number of ether oxygens (including phenoxy) is 1. The van der Waals surface area contributed by atoms with Crippen LogP contribution in [0.5, 0.6) is 5.75 Å². The Bertz CT molecular complexity index is 866. The summed E-state index contributed by atoms with van der Waals surface area (Å²) in [6.45, 7) is 6.21. The first-order chi connectivity index (χ1) is 11.0. The summed E-state index contributed by atoms with van der Waals surface area (Å²) in [7, 11) is 1.59. The van der Waals surface area contributed by atoms with E-state index in [1.165, 1.54) is 0 Å². The van der Waals surface area contributed by atoms with E-state index in [0.29, 0.717) is 22.3 Å². The number of thiazole rings is 1. The topological polar surface area (TPSA) is 47.0 Å². The Labute approximate surface area is 163 Å². The molecule has 1 radical (unpaired) electrons. The van der Waals surface area contributed by atoms with Gasteiger partial charge in [-0.2, -0.15) is 0 Å². The van der Waals surface area contributed by atoms with Gasteiger partial charge in [-0.15, -0.1) is 34.9 Å². The van der Waals surface area contributed by atoms with Crippen LogP contribution in [0.1, 0.15) is 18.7 Å². The van der Waals surface area contributed by atoms with Crippen molar-refractivity contribution < 1.29 is 24.5 Å². The van der Waals surface area contributed by atoms with Gasteiger partial charge in [0, 0.05) is 16.6 Å². The van der Waals surface area contributed by atoms with Gasteiger partial charge in [0.25, 0.3) is 0 Å². The summed E-state index contributed by atoms with van der Waals surface area (Å²) in [6.07, 6.45) is 0. The molecule has 2 heterocycles. The second-order valence-corrected chi connectivity index (χ2v) is 7.07. The average molecular weight is 537 g/mol. The van der Waals surface area contributed by atoms with E-state index in [1.54, 1.807) is 18.4 Å². The molecule has 0 atom stereocenters. The predicted octanol–water partition coefficient (Wildman–Crippen LogP) is 4.95. The maximum absolute atomic E-state index is 6.38. The Morgan fingerprint density at radius 1 is 1.29 bits per heavy atom. The standard InChI is InChI=1S/C17H17ClN3OS.Os/c1-9(2)19-17-21-15(10(3)23-17)12-7-5-11-6-8-13(22-4)14(18)16(11)20-12;/h6-9H,1-4H3,(H,19,21);/q-1;+1. The van der Waals surface area contributed by atoms with Gasteiger partial charge in [-0.05, 0) is 26.3 Å². The van der Waals surface area contributed by atoms with Gasteiger partial charge in [0.15, 0.2) is 5.13 Å². The molecule has 4 nitrogen and oxygen atoms in total. The number of fused-ring (bicyclic) bond motifs is 1. The third-order valence-electron chi connectivity index (χ3n) is 3.35. The number of aromatic nitrogens is 2. The van der Waals surface area contributed by atoms with Gasteiger partial charge in [-0.3, -0.25) is 0 Å². The SMILES string of the molecule is COc1ccc2[c-]cc(-c3nc(NC(C)C)sc3C)nc2c1Cl.[Os+]. The first-order valence-electron chi connectivity index (χ1n) is 7.29. The van der Waals surface area contributed by atoms with Crippen LogP contribution in [0, 0.1) is 13.0 Å². The molecule has 127 valence electrons. The van der Waals surface area contributed by atoms with Gasteiger partial charge < -0.3 is 15.0 Å². The molecule has 0 aliphatic rings. The monoisotopic (exact) mass is 538 g/mol. The van der Waals surface area contributed by atoms with E-state index < -0.39 is 0 Å².